The molecule has 0 aromatic heterocycles. The minimum absolute atomic E-state index is 0.0133. The van der Waals surface area contributed by atoms with Gasteiger partial charge in [-0.25, -0.2) is 4.39 Å². The molecule has 86 valence electrons. The number of carbonyl (C=O) groups excluding carboxylic acids is 1. The van der Waals surface area contributed by atoms with E-state index in [2.05, 4.69) is 15.9 Å². The van der Waals surface area contributed by atoms with Gasteiger partial charge in [-0.1, -0.05) is 15.9 Å². The molecule has 1 N–H and O–H groups in total. The molecule has 16 heavy (non-hydrogen) atoms. The molecule has 1 aromatic rings. The van der Waals surface area contributed by atoms with E-state index in [1.165, 1.54) is 12.1 Å². The van der Waals surface area contributed by atoms with Crippen LogP contribution in [0.5, 0.6) is 5.75 Å². The van der Waals surface area contributed by atoms with Crippen LogP contribution in [-0.4, -0.2) is 33.8 Å². The summed E-state index contributed by atoms with van der Waals surface area (Å²) in [6.45, 7) is 1.23. The van der Waals surface area contributed by atoms with Crippen molar-refractivity contribution in [2.45, 2.75) is 11.2 Å². The van der Waals surface area contributed by atoms with Gasteiger partial charge in [-0.15, -0.1) is 0 Å². The van der Waals surface area contributed by atoms with E-state index in [1.54, 1.807) is 4.90 Å². The highest BCUT2D eigenvalue weighted by atomic mass is 79.9. The number of aromatic hydroxyl groups is 1. The lowest BCUT2D eigenvalue weighted by Gasteiger charge is -2.15. The third kappa shape index (κ3) is 2.19. The van der Waals surface area contributed by atoms with Crippen molar-refractivity contribution in [3.63, 3.8) is 0 Å². The highest BCUT2D eigenvalue weighted by Crippen LogP contribution is 2.21. The number of halogens is 2. The third-order valence-electron chi connectivity index (χ3n) is 2.60. The number of benzene rings is 1. The van der Waals surface area contributed by atoms with Gasteiger partial charge in [0, 0.05) is 24.0 Å². The first-order valence-corrected chi connectivity index (χ1v) is 5.91. The van der Waals surface area contributed by atoms with Gasteiger partial charge < -0.3 is 10.0 Å². The molecule has 0 saturated carbocycles. The lowest BCUT2D eigenvalue weighted by Crippen LogP contribution is -2.29. The molecule has 1 fully saturated rings. The molecule has 0 aliphatic carbocycles. The zero-order valence-electron chi connectivity index (χ0n) is 8.49. The van der Waals surface area contributed by atoms with Crippen LogP contribution in [0.3, 0.4) is 0 Å². The molecular formula is C11H11BrFNO2. The summed E-state index contributed by atoms with van der Waals surface area (Å²) in [7, 11) is 0. The molecular weight excluding hydrogens is 277 g/mol. The molecule has 2 rings (SSSR count). The number of rotatable bonds is 1. The van der Waals surface area contributed by atoms with Crippen LogP contribution in [-0.2, 0) is 0 Å². The van der Waals surface area contributed by atoms with Crippen LogP contribution in [0.2, 0.25) is 0 Å². The lowest BCUT2D eigenvalue weighted by molar-refractivity contribution is 0.0789. The van der Waals surface area contributed by atoms with Gasteiger partial charge in [-0.2, -0.15) is 0 Å². The topological polar surface area (TPSA) is 40.5 Å². The summed E-state index contributed by atoms with van der Waals surface area (Å²) < 4.78 is 13.4. The van der Waals surface area contributed by atoms with Gasteiger partial charge in [-0.05, 0) is 18.6 Å². The monoisotopic (exact) mass is 287 g/mol. The van der Waals surface area contributed by atoms with E-state index in [9.17, 15) is 9.18 Å². The van der Waals surface area contributed by atoms with Crippen molar-refractivity contribution >= 4 is 21.8 Å². The minimum atomic E-state index is -0.678. The minimum Gasteiger partial charge on any atom is -0.508 e. The molecule has 1 saturated heterocycles. The predicted octanol–water partition coefficient (Wildman–Crippen LogP) is 2.14. The Morgan fingerprint density at radius 1 is 1.56 bits per heavy atom. The van der Waals surface area contributed by atoms with Gasteiger partial charge in [0.2, 0.25) is 0 Å². The standard InChI is InChI=1S/C11H11BrFNO2/c12-7-3-4-14(6-7)11(16)9-2-1-8(15)5-10(9)13/h1-2,5,7,15H,3-4,6H2. The van der Waals surface area contributed by atoms with Crippen LogP contribution < -0.4 is 0 Å². The zero-order valence-corrected chi connectivity index (χ0v) is 10.1. The summed E-state index contributed by atoms with van der Waals surface area (Å²) in [4.78, 5) is 13.8. The first kappa shape index (κ1) is 11.4. The number of nitrogens with zero attached hydrogens (tertiary/aromatic N) is 1. The van der Waals surface area contributed by atoms with Gasteiger partial charge in [0.1, 0.15) is 11.6 Å². The van der Waals surface area contributed by atoms with Crippen molar-refractivity contribution in [2.75, 3.05) is 13.1 Å². The Bertz CT molecular complexity index is 424. The van der Waals surface area contributed by atoms with Gasteiger partial charge >= 0.3 is 0 Å². The van der Waals surface area contributed by atoms with E-state index in [-0.39, 0.29) is 22.0 Å². The van der Waals surface area contributed by atoms with E-state index in [1.807, 2.05) is 0 Å². The summed E-state index contributed by atoms with van der Waals surface area (Å²) in [5.41, 5.74) is 0.0133. The van der Waals surface area contributed by atoms with Gasteiger partial charge in [0.05, 0.1) is 5.56 Å². The fraction of sp³-hybridized carbons (Fsp3) is 0.364. The van der Waals surface area contributed by atoms with E-state index in [0.29, 0.717) is 13.1 Å². The van der Waals surface area contributed by atoms with Crippen LogP contribution in [0.1, 0.15) is 16.8 Å². The van der Waals surface area contributed by atoms with E-state index in [4.69, 9.17) is 5.11 Å². The SMILES string of the molecule is O=C(c1ccc(O)cc1F)N1CCC(Br)C1. The normalized spacial score (nSPS) is 20.1. The predicted molar refractivity (Wildman–Crippen MR) is 61.3 cm³/mol. The Labute approximate surface area is 101 Å². The molecule has 0 spiro atoms. The van der Waals surface area contributed by atoms with E-state index >= 15 is 0 Å². The Morgan fingerprint density at radius 2 is 2.31 bits per heavy atom. The largest absolute Gasteiger partial charge is 0.508 e. The number of amides is 1. The first-order valence-electron chi connectivity index (χ1n) is 5.00. The average molecular weight is 288 g/mol. The number of likely N-dealkylation sites (tertiary alicyclic amines) is 1. The van der Waals surface area contributed by atoms with Crippen LogP contribution in [0.15, 0.2) is 18.2 Å². The Hall–Kier alpha value is -1.10. The lowest BCUT2D eigenvalue weighted by atomic mass is 10.2. The van der Waals surface area contributed by atoms with Crippen molar-refractivity contribution in [3.8, 4) is 5.75 Å². The summed E-state index contributed by atoms with van der Waals surface area (Å²) >= 11 is 3.42. The Kier molecular flexibility index (Phi) is 3.14. The van der Waals surface area contributed by atoms with Gasteiger partial charge in [-0.3, -0.25) is 4.79 Å². The Balaban J connectivity index is 2.21. The summed E-state index contributed by atoms with van der Waals surface area (Å²) in [5, 5.41) is 9.05. The smallest absolute Gasteiger partial charge is 0.256 e. The van der Waals surface area contributed by atoms with E-state index < -0.39 is 5.82 Å². The van der Waals surface area contributed by atoms with Crippen LogP contribution >= 0.6 is 15.9 Å². The molecule has 1 atom stereocenters. The number of carbonyl (C=O) groups is 1. The zero-order chi connectivity index (χ0) is 11.7. The average Bonchev–Trinajstić information content (AvgIpc) is 2.64. The molecule has 0 bridgehead atoms. The van der Waals surface area contributed by atoms with Crippen molar-refractivity contribution < 1.29 is 14.3 Å². The molecule has 3 nitrogen and oxygen atoms in total. The van der Waals surface area contributed by atoms with E-state index in [0.717, 1.165) is 12.5 Å². The molecule has 0 radical (unpaired) electrons. The summed E-state index contributed by atoms with van der Waals surface area (Å²) in [6, 6.07) is 3.58. The van der Waals surface area contributed by atoms with Crippen LogP contribution in [0, 0.1) is 5.82 Å². The van der Waals surface area contributed by atoms with Gasteiger partial charge in [0.15, 0.2) is 0 Å². The molecule has 1 amide bonds. The Morgan fingerprint density at radius 3 is 2.88 bits per heavy atom. The number of phenolic OH excluding ortho intramolecular Hbond substituents is 1. The number of hydrogen-bond donors (Lipinski definition) is 1. The number of hydrogen-bond acceptors (Lipinski definition) is 2. The summed E-state index contributed by atoms with van der Waals surface area (Å²) in [6.07, 6.45) is 0.880. The van der Waals surface area contributed by atoms with Crippen molar-refractivity contribution in [1.82, 2.24) is 4.90 Å². The molecule has 1 aliphatic rings. The molecule has 1 aromatic carbocycles. The fourth-order valence-corrected chi connectivity index (χ4v) is 2.30. The third-order valence-corrected chi connectivity index (χ3v) is 3.35. The van der Waals surface area contributed by atoms with Crippen molar-refractivity contribution in [1.29, 1.82) is 0 Å². The number of alkyl halides is 1. The molecule has 1 unspecified atom stereocenters. The fourth-order valence-electron chi connectivity index (χ4n) is 1.75. The maximum absolute atomic E-state index is 13.4. The highest BCUT2D eigenvalue weighted by molar-refractivity contribution is 9.09. The van der Waals surface area contributed by atoms with Gasteiger partial charge in [0.25, 0.3) is 5.91 Å². The maximum Gasteiger partial charge on any atom is 0.256 e. The summed E-state index contributed by atoms with van der Waals surface area (Å²) in [5.74, 6) is -1.17. The second kappa shape index (κ2) is 4.41. The van der Waals surface area contributed by atoms with Crippen LogP contribution in [0.25, 0.3) is 0 Å². The quantitative estimate of drug-likeness (QED) is 0.804. The first-order chi connectivity index (χ1) is 7.58. The highest BCUT2D eigenvalue weighted by Gasteiger charge is 2.26. The van der Waals surface area contributed by atoms with Crippen molar-refractivity contribution in [3.05, 3.63) is 29.6 Å². The second-order valence-corrected chi connectivity index (χ2v) is 5.10. The number of phenols is 1. The molecule has 1 heterocycles. The molecule has 1 aliphatic heterocycles. The van der Waals surface area contributed by atoms with Crippen molar-refractivity contribution in [2.24, 2.45) is 0 Å². The maximum atomic E-state index is 13.4. The van der Waals surface area contributed by atoms with Crippen LogP contribution in [0.4, 0.5) is 4.39 Å². The molecule has 5 heteroatoms. The second-order valence-electron chi connectivity index (χ2n) is 3.80.